The van der Waals surface area contributed by atoms with E-state index < -0.39 is 0 Å². The lowest BCUT2D eigenvalue weighted by molar-refractivity contribution is 0.0708. The Kier molecular flexibility index (Phi) is 3.09. The van der Waals surface area contributed by atoms with Crippen molar-refractivity contribution >= 4 is 16.8 Å². The Morgan fingerprint density at radius 2 is 2.12 bits per heavy atom. The summed E-state index contributed by atoms with van der Waals surface area (Å²) >= 11 is 0. The zero-order valence-corrected chi connectivity index (χ0v) is 14.5. The fraction of sp³-hybridized carbons (Fsp3) is 0.500. The van der Waals surface area contributed by atoms with Crippen LogP contribution in [0.15, 0.2) is 24.4 Å². The lowest BCUT2D eigenvalue weighted by atomic mass is 9.65. The van der Waals surface area contributed by atoms with Crippen molar-refractivity contribution < 1.29 is 4.79 Å². The maximum Gasteiger partial charge on any atom is 0.254 e. The minimum absolute atomic E-state index is 0.105. The summed E-state index contributed by atoms with van der Waals surface area (Å²) in [5.74, 6) is 0.105. The largest absolute Gasteiger partial charge is 0.360 e. The van der Waals surface area contributed by atoms with Gasteiger partial charge >= 0.3 is 0 Å². The first-order valence-corrected chi connectivity index (χ1v) is 8.63. The summed E-state index contributed by atoms with van der Waals surface area (Å²) in [5.41, 5.74) is 2.71. The van der Waals surface area contributed by atoms with Crippen LogP contribution in [-0.2, 0) is 0 Å². The SMILES string of the molecule is CC1(C)CC2CC(C)(CN2C(=O)c2ccc3[nH]cc(C#N)c3c2)C1. The quantitative estimate of drug-likeness (QED) is 0.860. The molecule has 2 fully saturated rings. The monoisotopic (exact) mass is 321 g/mol. The van der Waals surface area contributed by atoms with E-state index in [1.54, 1.807) is 6.20 Å². The van der Waals surface area contributed by atoms with E-state index in [0.717, 1.165) is 30.3 Å². The first-order valence-electron chi connectivity index (χ1n) is 8.63. The van der Waals surface area contributed by atoms with Gasteiger partial charge in [0.25, 0.3) is 5.91 Å². The maximum atomic E-state index is 13.1. The highest BCUT2D eigenvalue weighted by atomic mass is 16.2. The third kappa shape index (κ3) is 2.31. The number of fused-ring (bicyclic) bond motifs is 3. The van der Waals surface area contributed by atoms with Crippen molar-refractivity contribution in [2.24, 2.45) is 10.8 Å². The molecule has 1 N–H and O–H groups in total. The predicted octanol–water partition coefficient (Wildman–Crippen LogP) is 4.08. The Hall–Kier alpha value is -2.28. The number of likely N-dealkylation sites (tertiary alicyclic amines) is 1. The number of nitrogens with zero attached hydrogens (tertiary/aromatic N) is 2. The molecule has 0 radical (unpaired) electrons. The minimum Gasteiger partial charge on any atom is -0.360 e. The van der Waals surface area contributed by atoms with E-state index in [9.17, 15) is 10.1 Å². The number of hydrogen-bond acceptors (Lipinski definition) is 2. The van der Waals surface area contributed by atoms with Crippen LogP contribution in [0.5, 0.6) is 0 Å². The van der Waals surface area contributed by atoms with Gasteiger partial charge in [0.1, 0.15) is 6.07 Å². The second kappa shape index (κ2) is 4.86. The van der Waals surface area contributed by atoms with Gasteiger partial charge in [0.15, 0.2) is 0 Å². The third-order valence-corrected chi connectivity index (χ3v) is 5.72. The average molecular weight is 321 g/mol. The van der Waals surface area contributed by atoms with Crippen molar-refractivity contribution in [3.05, 3.63) is 35.5 Å². The van der Waals surface area contributed by atoms with Crippen LogP contribution < -0.4 is 0 Å². The van der Waals surface area contributed by atoms with Gasteiger partial charge in [-0.25, -0.2) is 0 Å². The highest BCUT2D eigenvalue weighted by Gasteiger charge is 2.51. The maximum absolute atomic E-state index is 13.1. The number of benzene rings is 1. The molecule has 1 saturated carbocycles. The lowest BCUT2D eigenvalue weighted by Gasteiger charge is -2.39. The molecule has 2 heterocycles. The lowest BCUT2D eigenvalue weighted by Crippen LogP contribution is -2.37. The summed E-state index contributed by atoms with van der Waals surface area (Å²) in [4.78, 5) is 18.3. The summed E-state index contributed by atoms with van der Waals surface area (Å²) in [6.45, 7) is 7.79. The van der Waals surface area contributed by atoms with Crippen LogP contribution in [-0.4, -0.2) is 28.4 Å². The highest BCUT2D eigenvalue weighted by Crippen LogP contribution is 2.52. The van der Waals surface area contributed by atoms with Gasteiger partial charge in [-0.2, -0.15) is 5.26 Å². The summed E-state index contributed by atoms with van der Waals surface area (Å²) in [6, 6.07) is 8.16. The van der Waals surface area contributed by atoms with Crippen LogP contribution in [0.25, 0.3) is 10.9 Å². The Morgan fingerprint density at radius 1 is 1.33 bits per heavy atom. The number of aromatic amines is 1. The summed E-state index contributed by atoms with van der Waals surface area (Å²) in [5, 5.41) is 10.0. The molecule has 24 heavy (non-hydrogen) atoms. The number of carbonyl (C=O) groups excluding carboxylic acids is 1. The predicted molar refractivity (Wildman–Crippen MR) is 93.6 cm³/mol. The fourth-order valence-corrected chi connectivity index (χ4v) is 5.21. The highest BCUT2D eigenvalue weighted by molar-refractivity contribution is 5.99. The normalized spacial score (nSPS) is 28.1. The zero-order chi connectivity index (χ0) is 17.1. The molecule has 1 saturated heterocycles. The molecule has 4 heteroatoms. The molecule has 4 nitrogen and oxygen atoms in total. The standard InChI is InChI=1S/C20H23N3O/c1-19(2)7-15-8-20(3,11-19)12-23(15)18(24)13-4-5-17-16(6-13)14(9-21)10-22-17/h4-6,10,15,22H,7-8,11-12H2,1-3H3. The topological polar surface area (TPSA) is 59.9 Å². The van der Waals surface area contributed by atoms with Crippen LogP contribution in [0.4, 0.5) is 0 Å². The molecule has 0 spiro atoms. The first-order chi connectivity index (χ1) is 11.3. The minimum atomic E-state index is 0.105. The zero-order valence-electron chi connectivity index (χ0n) is 14.5. The molecule has 1 aromatic heterocycles. The van der Waals surface area contributed by atoms with Crippen molar-refractivity contribution in [1.29, 1.82) is 5.26 Å². The number of aromatic nitrogens is 1. The molecule has 2 unspecified atom stereocenters. The molecule has 124 valence electrons. The Labute approximate surface area is 142 Å². The number of hydrogen-bond donors (Lipinski definition) is 1. The van der Waals surface area contributed by atoms with Gasteiger partial charge in [0, 0.05) is 35.2 Å². The molecule has 2 bridgehead atoms. The molecule has 2 aliphatic rings. The van der Waals surface area contributed by atoms with Crippen LogP contribution in [0.1, 0.15) is 56.0 Å². The van der Waals surface area contributed by atoms with Gasteiger partial charge in [0.2, 0.25) is 0 Å². The molecule has 2 atom stereocenters. The molecule has 1 aromatic carbocycles. The van der Waals surface area contributed by atoms with Gasteiger partial charge in [0.05, 0.1) is 5.56 Å². The van der Waals surface area contributed by atoms with E-state index in [1.807, 2.05) is 18.2 Å². The van der Waals surface area contributed by atoms with Crippen molar-refractivity contribution in [1.82, 2.24) is 9.88 Å². The van der Waals surface area contributed by atoms with Crippen molar-refractivity contribution in [3.63, 3.8) is 0 Å². The van der Waals surface area contributed by atoms with Gasteiger partial charge in [-0.1, -0.05) is 20.8 Å². The fourth-order valence-electron chi connectivity index (χ4n) is 5.21. The van der Waals surface area contributed by atoms with E-state index >= 15 is 0 Å². The van der Waals surface area contributed by atoms with E-state index in [1.165, 1.54) is 6.42 Å². The summed E-state index contributed by atoms with van der Waals surface area (Å²) in [7, 11) is 0. The Morgan fingerprint density at radius 3 is 2.88 bits per heavy atom. The van der Waals surface area contributed by atoms with Crippen LogP contribution in [0.3, 0.4) is 0 Å². The second-order valence-corrected chi connectivity index (χ2v) is 8.72. The average Bonchev–Trinajstić information content (AvgIpc) is 3.02. The van der Waals surface area contributed by atoms with E-state index in [0.29, 0.717) is 22.6 Å². The molecule has 2 aromatic rings. The number of amides is 1. The van der Waals surface area contributed by atoms with E-state index in [-0.39, 0.29) is 11.3 Å². The van der Waals surface area contributed by atoms with Crippen molar-refractivity contribution in [2.75, 3.05) is 6.54 Å². The van der Waals surface area contributed by atoms with Crippen LogP contribution in [0.2, 0.25) is 0 Å². The molecular weight excluding hydrogens is 298 g/mol. The van der Waals surface area contributed by atoms with Crippen LogP contribution in [0, 0.1) is 22.2 Å². The number of nitriles is 1. The summed E-state index contributed by atoms with van der Waals surface area (Å²) < 4.78 is 0. The molecular formula is C20H23N3O. The van der Waals surface area contributed by atoms with Gasteiger partial charge in [-0.3, -0.25) is 4.79 Å². The Balaban J connectivity index is 1.68. The number of carbonyl (C=O) groups is 1. The van der Waals surface area contributed by atoms with E-state index in [4.69, 9.17) is 0 Å². The number of H-pyrrole nitrogens is 1. The molecule has 4 rings (SSSR count). The second-order valence-electron chi connectivity index (χ2n) is 8.72. The molecule has 1 amide bonds. The van der Waals surface area contributed by atoms with Crippen LogP contribution >= 0.6 is 0 Å². The van der Waals surface area contributed by atoms with Crippen molar-refractivity contribution in [3.8, 4) is 6.07 Å². The smallest absolute Gasteiger partial charge is 0.254 e. The third-order valence-electron chi connectivity index (χ3n) is 5.72. The number of nitrogens with one attached hydrogen (secondary N) is 1. The van der Waals surface area contributed by atoms with Gasteiger partial charge in [-0.05, 0) is 48.3 Å². The first kappa shape index (κ1) is 15.3. The molecule has 1 aliphatic carbocycles. The summed E-state index contributed by atoms with van der Waals surface area (Å²) in [6.07, 6.45) is 5.06. The molecule has 1 aliphatic heterocycles. The number of rotatable bonds is 1. The van der Waals surface area contributed by atoms with E-state index in [2.05, 4.69) is 36.7 Å². The Bertz CT molecular complexity index is 873. The van der Waals surface area contributed by atoms with Gasteiger partial charge < -0.3 is 9.88 Å². The van der Waals surface area contributed by atoms with Gasteiger partial charge in [-0.15, -0.1) is 0 Å². The van der Waals surface area contributed by atoms with Crippen molar-refractivity contribution in [2.45, 2.75) is 46.1 Å².